The smallest absolute Gasteiger partial charge is 0.244 e. The van der Waals surface area contributed by atoms with Crippen molar-refractivity contribution < 1.29 is 23.8 Å². The molecule has 150 valence electrons. The van der Waals surface area contributed by atoms with Gasteiger partial charge in [0.1, 0.15) is 24.2 Å². The zero-order chi connectivity index (χ0) is 20.4. The Morgan fingerprint density at radius 1 is 1.18 bits per heavy atom. The van der Waals surface area contributed by atoms with Gasteiger partial charge in [0.25, 0.3) is 0 Å². The number of furan rings is 1. The van der Waals surface area contributed by atoms with Crippen LogP contribution in [0.3, 0.4) is 0 Å². The molecule has 7 nitrogen and oxygen atoms in total. The molecule has 1 heterocycles. The van der Waals surface area contributed by atoms with Gasteiger partial charge in [0.2, 0.25) is 11.8 Å². The molecule has 1 atom stereocenters. The Labute approximate surface area is 164 Å². The van der Waals surface area contributed by atoms with E-state index < -0.39 is 6.10 Å². The van der Waals surface area contributed by atoms with Crippen LogP contribution in [0.4, 0.5) is 0 Å². The zero-order valence-electron chi connectivity index (χ0n) is 16.1. The van der Waals surface area contributed by atoms with Crippen LogP contribution in [0.5, 0.6) is 5.75 Å². The summed E-state index contributed by atoms with van der Waals surface area (Å²) < 4.78 is 10.7. The first-order chi connectivity index (χ1) is 13.5. The highest BCUT2D eigenvalue weighted by atomic mass is 16.5. The predicted octanol–water partition coefficient (Wildman–Crippen LogP) is 1.97. The molecule has 2 aromatic rings. The Bertz CT molecular complexity index is 779. The van der Waals surface area contributed by atoms with Crippen LogP contribution in [-0.4, -0.2) is 42.7 Å². The summed E-state index contributed by atoms with van der Waals surface area (Å²) in [7, 11) is 0. The van der Waals surface area contributed by atoms with E-state index in [2.05, 4.69) is 10.6 Å². The summed E-state index contributed by atoms with van der Waals surface area (Å²) in [5.74, 6) is 0.746. The van der Waals surface area contributed by atoms with Gasteiger partial charge >= 0.3 is 0 Å². The molecule has 0 radical (unpaired) electrons. The summed E-state index contributed by atoms with van der Waals surface area (Å²) in [6, 6.07) is 9.28. The van der Waals surface area contributed by atoms with Gasteiger partial charge in [-0.05, 0) is 43.2 Å². The van der Waals surface area contributed by atoms with Crippen molar-refractivity contribution in [2.24, 2.45) is 0 Å². The minimum atomic E-state index is -0.825. The minimum Gasteiger partial charge on any atom is -0.490 e. The summed E-state index contributed by atoms with van der Waals surface area (Å²) in [4.78, 5) is 23.4. The molecule has 0 saturated heterocycles. The number of amides is 2. The number of hydrogen-bond acceptors (Lipinski definition) is 5. The van der Waals surface area contributed by atoms with Crippen molar-refractivity contribution in [3.8, 4) is 5.75 Å². The maximum Gasteiger partial charge on any atom is 0.244 e. The van der Waals surface area contributed by atoms with Crippen molar-refractivity contribution in [2.45, 2.75) is 26.4 Å². The molecule has 0 spiro atoms. The molecule has 1 aromatic heterocycles. The van der Waals surface area contributed by atoms with Gasteiger partial charge in [0.05, 0.1) is 6.26 Å². The van der Waals surface area contributed by atoms with Crippen molar-refractivity contribution in [1.29, 1.82) is 0 Å². The second-order valence-corrected chi connectivity index (χ2v) is 6.38. The normalized spacial score (nSPS) is 12.0. The summed E-state index contributed by atoms with van der Waals surface area (Å²) in [5.41, 5.74) is 1.99. The number of carbonyl (C=O) groups is 2. The second kappa shape index (κ2) is 10.9. The van der Waals surface area contributed by atoms with Gasteiger partial charge in [-0.1, -0.05) is 18.2 Å². The molecule has 1 unspecified atom stereocenters. The van der Waals surface area contributed by atoms with Gasteiger partial charge in [-0.15, -0.1) is 0 Å². The summed E-state index contributed by atoms with van der Waals surface area (Å²) in [6.45, 7) is 4.24. The van der Waals surface area contributed by atoms with E-state index >= 15 is 0 Å². The van der Waals surface area contributed by atoms with Crippen molar-refractivity contribution in [3.05, 3.63) is 59.6 Å². The number of carbonyl (C=O) groups excluding carboxylic acids is 2. The third-order valence-electron chi connectivity index (χ3n) is 3.96. The van der Waals surface area contributed by atoms with Crippen LogP contribution in [-0.2, 0) is 9.59 Å². The predicted molar refractivity (Wildman–Crippen MR) is 106 cm³/mol. The lowest BCUT2D eigenvalue weighted by Crippen LogP contribution is -2.37. The van der Waals surface area contributed by atoms with Crippen LogP contribution in [0.25, 0.3) is 6.08 Å². The Hall–Kier alpha value is -3.06. The standard InChI is InChI=1S/C21H26N2O5/c1-15-5-3-6-16(2)21(15)28-14-17(24)13-23-20(26)10-11-22-19(25)9-8-18-7-4-12-27-18/h3-9,12,17,24H,10-11,13-14H2,1-2H3,(H,22,25)(H,23,26)/b9-8+. The lowest BCUT2D eigenvalue weighted by molar-refractivity contribution is -0.121. The van der Waals surface area contributed by atoms with Crippen LogP contribution in [0, 0.1) is 13.8 Å². The fourth-order valence-electron chi connectivity index (χ4n) is 2.49. The summed E-state index contributed by atoms with van der Waals surface area (Å²) in [5, 5.41) is 15.2. The number of hydrogen-bond donors (Lipinski definition) is 3. The van der Waals surface area contributed by atoms with E-state index in [1.54, 1.807) is 18.2 Å². The SMILES string of the molecule is Cc1cccc(C)c1OCC(O)CNC(=O)CCNC(=O)/C=C/c1ccco1. The van der Waals surface area contributed by atoms with E-state index in [-0.39, 0.29) is 37.9 Å². The van der Waals surface area contributed by atoms with Crippen LogP contribution in [0.15, 0.2) is 47.1 Å². The third-order valence-corrected chi connectivity index (χ3v) is 3.96. The van der Waals surface area contributed by atoms with Crippen molar-refractivity contribution in [1.82, 2.24) is 10.6 Å². The molecule has 28 heavy (non-hydrogen) atoms. The monoisotopic (exact) mass is 386 g/mol. The first kappa shape index (κ1) is 21.2. The number of rotatable bonds is 10. The summed E-state index contributed by atoms with van der Waals surface area (Å²) in [6.07, 6.45) is 3.69. The third kappa shape index (κ3) is 7.28. The zero-order valence-corrected chi connectivity index (χ0v) is 16.1. The lowest BCUT2D eigenvalue weighted by Gasteiger charge is -2.16. The molecule has 0 aliphatic heterocycles. The van der Waals surface area contributed by atoms with Gasteiger partial charge in [-0.25, -0.2) is 0 Å². The van der Waals surface area contributed by atoms with E-state index in [1.165, 1.54) is 12.3 Å². The van der Waals surface area contributed by atoms with Crippen LogP contribution >= 0.6 is 0 Å². The quantitative estimate of drug-likeness (QED) is 0.542. The molecule has 0 saturated carbocycles. The molecule has 0 bridgehead atoms. The molecule has 2 amide bonds. The van der Waals surface area contributed by atoms with E-state index in [4.69, 9.17) is 9.15 Å². The molecule has 0 aliphatic rings. The largest absolute Gasteiger partial charge is 0.490 e. The Morgan fingerprint density at radius 3 is 2.61 bits per heavy atom. The van der Waals surface area contributed by atoms with Crippen molar-refractivity contribution in [2.75, 3.05) is 19.7 Å². The van der Waals surface area contributed by atoms with Crippen LogP contribution in [0.1, 0.15) is 23.3 Å². The number of aliphatic hydroxyl groups is 1. The fraction of sp³-hybridized carbons (Fsp3) is 0.333. The molecular formula is C21H26N2O5. The second-order valence-electron chi connectivity index (χ2n) is 6.38. The van der Waals surface area contributed by atoms with Crippen LogP contribution in [0.2, 0.25) is 0 Å². The van der Waals surface area contributed by atoms with Crippen LogP contribution < -0.4 is 15.4 Å². The molecule has 0 aliphatic carbocycles. The van der Waals surface area contributed by atoms with Crippen molar-refractivity contribution in [3.63, 3.8) is 0 Å². The average molecular weight is 386 g/mol. The first-order valence-corrected chi connectivity index (χ1v) is 9.09. The highest BCUT2D eigenvalue weighted by Gasteiger charge is 2.10. The topological polar surface area (TPSA) is 101 Å². The van der Waals surface area contributed by atoms with Gasteiger partial charge in [-0.3, -0.25) is 9.59 Å². The van der Waals surface area contributed by atoms with E-state index in [1.807, 2.05) is 32.0 Å². The molecule has 3 N–H and O–H groups in total. The number of nitrogens with one attached hydrogen (secondary N) is 2. The molecule has 0 fully saturated rings. The Kier molecular flexibility index (Phi) is 8.30. The van der Waals surface area contributed by atoms with Crippen molar-refractivity contribution >= 4 is 17.9 Å². The number of benzene rings is 1. The number of aryl methyl sites for hydroxylation is 2. The maximum absolute atomic E-state index is 11.8. The minimum absolute atomic E-state index is 0.0795. The number of para-hydroxylation sites is 1. The lowest BCUT2D eigenvalue weighted by atomic mass is 10.1. The average Bonchev–Trinajstić information content (AvgIpc) is 3.18. The Balaban J connectivity index is 1.60. The molecule has 1 aromatic carbocycles. The van der Waals surface area contributed by atoms with Gasteiger partial charge < -0.3 is 24.9 Å². The van der Waals surface area contributed by atoms with Gasteiger partial charge in [-0.2, -0.15) is 0 Å². The number of aliphatic hydroxyl groups excluding tert-OH is 1. The van der Waals surface area contributed by atoms with E-state index in [0.29, 0.717) is 5.76 Å². The van der Waals surface area contributed by atoms with Gasteiger partial charge in [0.15, 0.2) is 0 Å². The highest BCUT2D eigenvalue weighted by molar-refractivity contribution is 5.91. The summed E-state index contributed by atoms with van der Waals surface area (Å²) >= 11 is 0. The highest BCUT2D eigenvalue weighted by Crippen LogP contribution is 2.22. The first-order valence-electron chi connectivity index (χ1n) is 9.09. The Morgan fingerprint density at radius 2 is 1.93 bits per heavy atom. The fourth-order valence-corrected chi connectivity index (χ4v) is 2.49. The van der Waals surface area contributed by atoms with E-state index in [9.17, 15) is 14.7 Å². The molecule has 2 rings (SSSR count). The molecular weight excluding hydrogens is 360 g/mol. The van der Waals surface area contributed by atoms with E-state index in [0.717, 1.165) is 16.9 Å². The van der Waals surface area contributed by atoms with Gasteiger partial charge in [0, 0.05) is 25.6 Å². The maximum atomic E-state index is 11.8. The number of ether oxygens (including phenoxy) is 1. The molecule has 7 heteroatoms.